The van der Waals surface area contributed by atoms with Gasteiger partial charge < -0.3 is 15.3 Å². The Morgan fingerprint density at radius 1 is 1.33 bits per heavy atom. The highest BCUT2D eigenvalue weighted by Gasteiger charge is 2.00. The second kappa shape index (κ2) is 6.01. The Balaban J connectivity index is 2.88. The molecule has 3 heteroatoms. The van der Waals surface area contributed by atoms with Gasteiger partial charge in [0.2, 0.25) is 0 Å². The quantitative estimate of drug-likeness (QED) is 0.480. The molecule has 0 aromatic rings. The minimum absolute atomic E-state index is 0.494. The van der Waals surface area contributed by atoms with E-state index in [2.05, 4.69) is 0 Å². The van der Waals surface area contributed by atoms with E-state index >= 15 is 0 Å². The van der Waals surface area contributed by atoms with Crippen LogP contribution >= 0.6 is 0 Å². The zero-order chi connectivity index (χ0) is 7.11. The van der Waals surface area contributed by atoms with Crippen molar-refractivity contribution in [2.45, 2.75) is 25.4 Å². The molecule has 0 aliphatic rings. The smallest absolute Gasteiger partial charge is 0.108 e. The highest BCUT2D eigenvalue weighted by atomic mass is 16.3. The molecule has 0 fully saturated rings. The van der Waals surface area contributed by atoms with E-state index in [0.717, 1.165) is 13.2 Å². The molecular formula is C6H12O3. The van der Waals surface area contributed by atoms with Gasteiger partial charge in [-0.2, -0.15) is 0 Å². The van der Waals surface area contributed by atoms with Gasteiger partial charge in [0.15, 0.2) is 0 Å². The lowest BCUT2D eigenvalue weighted by molar-refractivity contribution is 0.133. The van der Waals surface area contributed by atoms with E-state index in [4.69, 9.17) is 15.3 Å². The molecule has 0 saturated carbocycles. The zero-order valence-corrected chi connectivity index (χ0v) is 5.20. The molecule has 0 rings (SSSR count). The normalized spacial score (nSPS) is 13.7. The number of hydrogen-bond donors (Lipinski definition) is 3. The first-order valence-corrected chi connectivity index (χ1v) is 2.92. The van der Waals surface area contributed by atoms with Crippen LogP contribution in [0.4, 0.5) is 0 Å². The molecule has 1 atom stereocenters. The molecule has 0 aromatic carbocycles. The zero-order valence-electron chi connectivity index (χ0n) is 5.20. The molecule has 0 spiro atoms. The van der Waals surface area contributed by atoms with Crippen LogP contribution in [0.3, 0.4) is 0 Å². The lowest BCUT2D eigenvalue weighted by Gasteiger charge is -2.03. The third-order valence-corrected chi connectivity index (χ3v) is 1.01. The summed E-state index contributed by atoms with van der Waals surface area (Å²) < 4.78 is 0. The number of rotatable bonds is 5. The molecule has 2 radical (unpaired) electrons. The van der Waals surface area contributed by atoms with E-state index in [1.165, 1.54) is 0 Å². The fourth-order valence-electron chi connectivity index (χ4n) is 0.493. The molecule has 0 aromatic heterocycles. The molecule has 0 heterocycles. The molecule has 0 bridgehead atoms. The third-order valence-electron chi connectivity index (χ3n) is 1.01. The summed E-state index contributed by atoms with van der Waals surface area (Å²) in [4.78, 5) is 0. The largest absolute Gasteiger partial charge is 0.390 e. The maximum Gasteiger partial charge on any atom is 0.108 e. The molecule has 0 aliphatic carbocycles. The third kappa shape index (κ3) is 5.76. The first kappa shape index (κ1) is 8.88. The number of aliphatic hydroxyl groups excluding tert-OH is 3. The van der Waals surface area contributed by atoms with Crippen molar-refractivity contribution in [3.05, 3.63) is 13.2 Å². The second-order valence-electron chi connectivity index (χ2n) is 1.83. The summed E-state index contributed by atoms with van der Waals surface area (Å²) in [6, 6.07) is 0. The van der Waals surface area contributed by atoms with Crippen LogP contribution in [0.1, 0.15) is 19.3 Å². The van der Waals surface area contributed by atoms with Gasteiger partial charge in [-0.15, -0.1) is 0 Å². The Morgan fingerprint density at radius 3 is 2.44 bits per heavy atom. The second-order valence-corrected chi connectivity index (χ2v) is 1.83. The molecule has 1 unspecified atom stereocenters. The van der Waals surface area contributed by atoms with Gasteiger partial charge in [-0.3, -0.25) is 0 Å². The van der Waals surface area contributed by atoms with Crippen molar-refractivity contribution in [1.29, 1.82) is 0 Å². The summed E-state index contributed by atoms with van der Waals surface area (Å²) in [6.45, 7) is 1.79. The van der Waals surface area contributed by atoms with Crippen LogP contribution < -0.4 is 0 Å². The van der Waals surface area contributed by atoms with Gasteiger partial charge in [0.1, 0.15) is 6.61 Å². The van der Waals surface area contributed by atoms with Crippen molar-refractivity contribution >= 4 is 0 Å². The van der Waals surface area contributed by atoms with E-state index in [9.17, 15) is 0 Å². The first-order chi connectivity index (χ1) is 4.31. The highest BCUT2D eigenvalue weighted by Crippen LogP contribution is 2.02. The SMILES string of the molecule is O[CH]CCCC(O)[CH]O. The van der Waals surface area contributed by atoms with E-state index < -0.39 is 6.10 Å². The molecule has 0 aliphatic heterocycles. The molecule has 9 heavy (non-hydrogen) atoms. The minimum Gasteiger partial charge on any atom is -0.390 e. The minimum atomic E-state index is -0.745. The van der Waals surface area contributed by atoms with Gasteiger partial charge in [-0.1, -0.05) is 0 Å². The summed E-state index contributed by atoms with van der Waals surface area (Å²) in [5, 5.41) is 25.0. The summed E-state index contributed by atoms with van der Waals surface area (Å²) in [5.74, 6) is 0. The van der Waals surface area contributed by atoms with E-state index in [0.29, 0.717) is 19.3 Å². The molecule has 3 N–H and O–H groups in total. The van der Waals surface area contributed by atoms with E-state index in [-0.39, 0.29) is 0 Å². The summed E-state index contributed by atoms with van der Waals surface area (Å²) in [7, 11) is 0. The predicted octanol–water partition coefficient (Wildman–Crippen LogP) is 0.586. The number of aliphatic hydroxyl groups is 3. The Morgan fingerprint density at radius 2 is 2.00 bits per heavy atom. The molecule has 0 amide bonds. The van der Waals surface area contributed by atoms with Crippen LogP contribution in [0.15, 0.2) is 0 Å². The van der Waals surface area contributed by atoms with Gasteiger partial charge >= 0.3 is 0 Å². The van der Waals surface area contributed by atoms with Crippen LogP contribution in [0.25, 0.3) is 0 Å². The number of hydrogen-bond acceptors (Lipinski definition) is 3. The van der Waals surface area contributed by atoms with Gasteiger partial charge in [0.05, 0.1) is 12.7 Å². The van der Waals surface area contributed by atoms with Crippen molar-refractivity contribution in [2.24, 2.45) is 0 Å². The number of unbranched alkanes of at least 4 members (excludes halogenated alkanes) is 1. The topological polar surface area (TPSA) is 60.7 Å². The molecule has 54 valence electrons. The van der Waals surface area contributed by atoms with Crippen molar-refractivity contribution in [3.8, 4) is 0 Å². The Kier molecular flexibility index (Phi) is 5.93. The standard InChI is InChI=1S/C6H12O3/c7-4-2-1-3-6(9)5-8/h4-9H,1-3H2. The van der Waals surface area contributed by atoms with Crippen molar-refractivity contribution in [3.63, 3.8) is 0 Å². The van der Waals surface area contributed by atoms with Crippen molar-refractivity contribution in [1.82, 2.24) is 0 Å². The average Bonchev–Trinajstić information content (AvgIpc) is 1.89. The monoisotopic (exact) mass is 132 g/mol. The lowest BCUT2D eigenvalue weighted by Crippen LogP contribution is -2.05. The summed E-state index contributed by atoms with van der Waals surface area (Å²) in [5.41, 5.74) is 0. The summed E-state index contributed by atoms with van der Waals surface area (Å²) in [6.07, 6.45) is 0.998. The Labute approximate surface area is 54.9 Å². The molecule has 3 nitrogen and oxygen atoms in total. The molecule has 0 saturated heterocycles. The van der Waals surface area contributed by atoms with Gasteiger partial charge in [-0.25, -0.2) is 0 Å². The fraction of sp³-hybridized carbons (Fsp3) is 0.667. The molecular weight excluding hydrogens is 120 g/mol. The Bertz CT molecular complexity index is 56.3. The van der Waals surface area contributed by atoms with Crippen LogP contribution in [-0.4, -0.2) is 21.4 Å². The van der Waals surface area contributed by atoms with Crippen LogP contribution in [0.2, 0.25) is 0 Å². The predicted molar refractivity (Wildman–Crippen MR) is 32.3 cm³/mol. The van der Waals surface area contributed by atoms with Crippen LogP contribution in [-0.2, 0) is 0 Å². The van der Waals surface area contributed by atoms with E-state index in [1.54, 1.807) is 0 Å². The van der Waals surface area contributed by atoms with Gasteiger partial charge in [0.25, 0.3) is 0 Å². The fourth-order valence-corrected chi connectivity index (χ4v) is 0.493. The van der Waals surface area contributed by atoms with Gasteiger partial charge in [0, 0.05) is 0 Å². The van der Waals surface area contributed by atoms with Crippen molar-refractivity contribution < 1.29 is 15.3 Å². The maximum atomic E-state index is 8.68. The highest BCUT2D eigenvalue weighted by molar-refractivity contribution is 4.63. The Hall–Kier alpha value is -0.120. The van der Waals surface area contributed by atoms with E-state index in [1.807, 2.05) is 0 Å². The van der Waals surface area contributed by atoms with Crippen molar-refractivity contribution in [2.75, 3.05) is 0 Å². The van der Waals surface area contributed by atoms with Crippen LogP contribution in [0.5, 0.6) is 0 Å². The van der Waals surface area contributed by atoms with Crippen LogP contribution in [0, 0.1) is 13.2 Å². The maximum absolute atomic E-state index is 8.68. The first-order valence-electron chi connectivity index (χ1n) is 2.92. The van der Waals surface area contributed by atoms with Gasteiger partial charge in [-0.05, 0) is 19.3 Å². The lowest BCUT2D eigenvalue weighted by atomic mass is 10.2. The summed E-state index contributed by atoms with van der Waals surface area (Å²) >= 11 is 0. The average molecular weight is 132 g/mol.